The standard InChI is InChI=1S/C7H7N3O2/c11-7(12)5-3-9-10-2-1-8-4-6(5)10/h1,3-4,9H,2H2,(H,11,12). The molecule has 0 radical (unpaired) electrons. The van der Waals surface area contributed by atoms with Crippen LogP contribution in [-0.4, -0.2) is 28.8 Å². The van der Waals surface area contributed by atoms with Crippen molar-refractivity contribution in [2.75, 3.05) is 6.54 Å². The molecule has 0 aromatic heterocycles. The predicted molar refractivity (Wildman–Crippen MR) is 42.1 cm³/mol. The molecule has 5 heteroatoms. The maximum absolute atomic E-state index is 10.6. The third kappa shape index (κ3) is 0.868. The Morgan fingerprint density at radius 1 is 1.75 bits per heavy atom. The fraction of sp³-hybridized carbons (Fsp3) is 0.143. The predicted octanol–water partition coefficient (Wildman–Crippen LogP) is -0.299. The summed E-state index contributed by atoms with van der Waals surface area (Å²) in [7, 11) is 0. The Morgan fingerprint density at radius 3 is 3.33 bits per heavy atom. The minimum Gasteiger partial charge on any atom is -0.478 e. The Balaban J connectivity index is 2.34. The molecule has 62 valence electrons. The van der Waals surface area contributed by atoms with Gasteiger partial charge in [0, 0.05) is 12.4 Å². The van der Waals surface area contributed by atoms with E-state index in [1.54, 1.807) is 11.2 Å². The van der Waals surface area contributed by atoms with Crippen molar-refractivity contribution in [2.45, 2.75) is 0 Å². The van der Waals surface area contributed by atoms with Crippen molar-refractivity contribution in [3.63, 3.8) is 0 Å². The number of carboxylic acid groups (broad SMARTS) is 1. The molecule has 0 bridgehead atoms. The third-order valence-electron chi connectivity index (χ3n) is 1.73. The quantitative estimate of drug-likeness (QED) is 0.560. The lowest BCUT2D eigenvalue weighted by Crippen LogP contribution is -2.32. The minimum absolute atomic E-state index is 0.256. The number of hydrogen-bond donors (Lipinski definition) is 2. The topological polar surface area (TPSA) is 64.9 Å². The summed E-state index contributed by atoms with van der Waals surface area (Å²) < 4.78 is 0. The summed E-state index contributed by atoms with van der Waals surface area (Å²) in [5.74, 6) is -0.937. The Hall–Kier alpha value is -1.78. The molecule has 2 N–H and O–H groups in total. The van der Waals surface area contributed by atoms with Gasteiger partial charge in [-0.15, -0.1) is 0 Å². The first-order valence-corrected chi connectivity index (χ1v) is 3.48. The van der Waals surface area contributed by atoms with Gasteiger partial charge in [-0.1, -0.05) is 0 Å². The van der Waals surface area contributed by atoms with Crippen molar-refractivity contribution in [1.82, 2.24) is 10.4 Å². The van der Waals surface area contributed by atoms with Gasteiger partial charge in [-0.3, -0.25) is 10.0 Å². The molecule has 5 nitrogen and oxygen atoms in total. The van der Waals surface area contributed by atoms with Crippen LogP contribution in [-0.2, 0) is 4.79 Å². The second kappa shape index (κ2) is 2.37. The Labute approximate surface area is 68.7 Å². The summed E-state index contributed by atoms with van der Waals surface area (Å²) in [6.45, 7) is 0.596. The van der Waals surface area contributed by atoms with Crippen molar-refractivity contribution >= 4 is 12.2 Å². The summed E-state index contributed by atoms with van der Waals surface area (Å²) >= 11 is 0. The van der Waals surface area contributed by atoms with E-state index in [2.05, 4.69) is 10.4 Å². The molecule has 0 aliphatic carbocycles. The normalized spacial score (nSPS) is 19.5. The summed E-state index contributed by atoms with van der Waals surface area (Å²) in [6, 6.07) is 0. The summed E-state index contributed by atoms with van der Waals surface area (Å²) in [5.41, 5.74) is 3.69. The van der Waals surface area contributed by atoms with Crippen LogP contribution in [0.25, 0.3) is 0 Å². The zero-order valence-corrected chi connectivity index (χ0v) is 6.19. The second-order valence-corrected chi connectivity index (χ2v) is 2.45. The van der Waals surface area contributed by atoms with Crippen LogP contribution in [0.15, 0.2) is 28.7 Å². The van der Waals surface area contributed by atoms with E-state index in [0.29, 0.717) is 12.2 Å². The third-order valence-corrected chi connectivity index (χ3v) is 1.73. The van der Waals surface area contributed by atoms with Crippen LogP contribution in [0.1, 0.15) is 0 Å². The SMILES string of the molecule is O=C(O)C1=CNN2CC=NC=C12. The number of hydrazine groups is 1. The molecule has 0 saturated heterocycles. The number of rotatable bonds is 1. The highest BCUT2D eigenvalue weighted by Crippen LogP contribution is 2.20. The van der Waals surface area contributed by atoms with Gasteiger partial charge < -0.3 is 10.5 Å². The molecule has 0 fully saturated rings. The summed E-state index contributed by atoms with van der Waals surface area (Å²) in [6.07, 6.45) is 4.70. The van der Waals surface area contributed by atoms with Gasteiger partial charge in [-0.25, -0.2) is 4.79 Å². The first kappa shape index (κ1) is 6.90. The van der Waals surface area contributed by atoms with Crippen molar-refractivity contribution in [3.8, 4) is 0 Å². The molecular formula is C7H7N3O2. The molecule has 2 aliphatic rings. The molecular weight excluding hydrogens is 158 g/mol. The van der Waals surface area contributed by atoms with Gasteiger partial charge in [0.2, 0.25) is 0 Å². The van der Waals surface area contributed by atoms with E-state index in [1.165, 1.54) is 12.4 Å². The highest BCUT2D eigenvalue weighted by Gasteiger charge is 2.25. The van der Waals surface area contributed by atoms with Crippen LogP contribution in [0, 0.1) is 0 Å². The molecule has 2 aliphatic heterocycles. The number of hydrogen-bond acceptors (Lipinski definition) is 4. The van der Waals surface area contributed by atoms with E-state index < -0.39 is 5.97 Å². The van der Waals surface area contributed by atoms with E-state index in [1.807, 2.05) is 0 Å². The maximum atomic E-state index is 10.6. The van der Waals surface area contributed by atoms with Crippen molar-refractivity contribution in [3.05, 3.63) is 23.7 Å². The highest BCUT2D eigenvalue weighted by atomic mass is 16.4. The molecule has 12 heavy (non-hydrogen) atoms. The van der Waals surface area contributed by atoms with E-state index in [4.69, 9.17) is 5.11 Å². The van der Waals surface area contributed by atoms with Gasteiger partial charge in [-0.05, 0) is 0 Å². The fourth-order valence-electron chi connectivity index (χ4n) is 1.15. The van der Waals surface area contributed by atoms with Crippen LogP contribution in [0.2, 0.25) is 0 Å². The first-order valence-electron chi connectivity index (χ1n) is 3.48. The number of aliphatic imine (C=N–C) groups is 1. The van der Waals surface area contributed by atoms with Crippen molar-refractivity contribution in [1.29, 1.82) is 0 Å². The van der Waals surface area contributed by atoms with Crippen LogP contribution in [0.3, 0.4) is 0 Å². The molecule has 0 saturated carbocycles. The van der Waals surface area contributed by atoms with Gasteiger partial charge in [0.05, 0.1) is 18.4 Å². The van der Waals surface area contributed by atoms with E-state index in [9.17, 15) is 4.79 Å². The number of nitrogens with one attached hydrogen (secondary N) is 1. The smallest absolute Gasteiger partial charge is 0.339 e. The summed E-state index contributed by atoms with van der Waals surface area (Å²) in [4.78, 5) is 14.5. The molecule has 2 heterocycles. The Morgan fingerprint density at radius 2 is 2.58 bits per heavy atom. The largest absolute Gasteiger partial charge is 0.478 e. The molecule has 0 atom stereocenters. The number of carbonyl (C=O) groups is 1. The Kier molecular flexibility index (Phi) is 1.36. The molecule has 0 spiro atoms. The van der Waals surface area contributed by atoms with E-state index in [0.717, 1.165) is 0 Å². The van der Waals surface area contributed by atoms with Crippen LogP contribution in [0.5, 0.6) is 0 Å². The molecule has 0 unspecified atom stereocenters. The average molecular weight is 165 g/mol. The summed E-state index contributed by atoms with van der Waals surface area (Å²) in [5, 5.41) is 10.4. The molecule has 0 amide bonds. The lowest BCUT2D eigenvalue weighted by molar-refractivity contribution is -0.132. The molecule has 2 rings (SSSR count). The fourth-order valence-corrected chi connectivity index (χ4v) is 1.15. The van der Waals surface area contributed by atoms with Crippen molar-refractivity contribution in [2.24, 2.45) is 4.99 Å². The maximum Gasteiger partial charge on any atom is 0.339 e. The van der Waals surface area contributed by atoms with Gasteiger partial charge in [-0.2, -0.15) is 0 Å². The monoisotopic (exact) mass is 165 g/mol. The van der Waals surface area contributed by atoms with E-state index in [-0.39, 0.29) is 5.57 Å². The van der Waals surface area contributed by atoms with Crippen molar-refractivity contribution < 1.29 is 9.90 Å². The first-order chi connectivity index (χ1) is 5.79. The average Bonchev–Trinajstić information content (AvgIpc) is 2.47. The number of aliphatic carboxylic acids is 1. The zero-order valence-electron chi connectivity index (χ0n) is 6.19. The Bertz CT molecular complexity index is 317. The van der Waals surface area contributed by atoms with Gasteiger partial charge in [0.15, 0.2) is 0 Å². The van der Waals surface area contributed by atoms with E-state index >= 15 is 0 Å². The number of carboxylic acids is 1. The lowest BCUT2D eigenvalue weighted by atomic mass is 10.2. The van der Waals surface area contributed by atoms with Gasteiger partial charge in [0.25, 0.3) is 0 Å². The van der Waals surface area contributed by atoms with Gasteiger partial charge in [0.1, 0.15) is 5.57 Å². The highest BCUT2D eigenvalue weighted by molar-refractivity contribution is 5.92. The zero-order chi connectivity index (χ0) is 8.55. The minimum atomic E-state index is -0.937. The molecule has 0 aromatic rings. The number of fused-ring (bicyclic) bond motifs is 1. The lowest BCUT2D eigenvalue weighted by Gasteiger charge is -2.20. The van der Waals surface area contributed by atoms with Crippen LogP contribution in [0.4, 0.5) is 0 Å². The van der Waals surface area contributed by atoms with Crippen LogP contribution < -0.4 is 5.43 Å². The van der Waals surface area contributed by atoms with Crippen LogP contribution >= 0.6 is 0 Å². The second-order valence-electron chi connectivity index (χ2n) is 2.45. The molecule has 0 aromatic carbocycles. The number of nitrogens with zero attached hydrogens (tertiary/aromatic N) is 2. The van der Waals surface area contributed by atoms with Gasteiger partial charge >= 0.3 is 5.97 Å².